The first-order valence-corrected chi connectivity index (χ1v) is 6.81. The fourth-order valence-corrected chi connectivity index (χ4v) is 3.39. The Bertz CT molecular complexity index is 275. The predicted octanol–water partition coefficient (Wildman–Crippen LogP) is 1.29. The van der Waals surface area contributed by atoms with Crippen LogP contribution in [0.15, 0.2) is 0 Å². The topological polar surface area (TPSA) is 41.1 Å². The van der Waals surface area contributed by atoms with Gasteiger partial charge in [0.05, 0.1) is 6.54 Å². The zero-order valence-corrected chi connectivity index (χ0v) is 9.87. The summed E-state index contributed by atoms with van der Waals surface area (Å²) in [5.74, 6) is 2.76. The molecule has 0 aliphatic heterocycles. The lowest BCUT2D eigenvalue weighted by Gasteiger charge is -2.22. The van der Waals surface area contributed by atoms with Gasteiger partial charge in [-0.05, 0) is 56.4 Å². The molecule has 0 aromatic rings. The summed E-state index contributed by atoms with van der Waals surface area (Å²) in [5, 5.41) is 6.46. The molecule has 1 amide bonds. The van der Waals surface area contributed by atoms with E-state index in [0.29, 0.717) is 12.6 Å². The maximum Gasteiger partial charge on any atom is 0.234 e. The van der Waals surface area contributed by atoms with Crippen LogP contribution in [0.1, 0.15) is 38.5 Å². The molecule has 2 bridgehead atoms. The molecule has 3 rings (SSSR count). The minimum absolute atomic E-state index is 0.207. The molecule has 3 nitrogen and oxygen atoms in total. The smallest absolute Gasteiger partial charge is 0.234 e. The molecule has 0 spiro atoms. The normalized spacial score (nSPS) is 36.6. The van der Waals surface area contributed by atoms with Gasteiger partial charge in [0.2, 0.25) is 5.91 Å². The lowest BCUT2D eigenvalue weighted by Crippen LogP contribution is -2.43. The van der Waals surface area contributed by atoms with Crippen molar-refractivity contribution in [1.82, 2.24) is 10.6 Å². The Labute approximate surface area is 97.4 Å². The van der Waals surface area contributed by atoms with Gasteiger partial charge in [-0.15, -0.1) is 0 Å². The zero-order valence-electron chi connectivity index (χ0n) is 9.87. The number of carbonyl (C=O) groups excluding carboxylic acids is 1. The molecule has 0 heterocycles. The summed E-state index contributed by atoms with van der Waals surface area (Å²) in [6, 6.07) is 0.494. The molecular weight excluding hydrogens is 200 g/mol. The van der Waals surface area contributed by atoms with Gasteiger partial charge in [-0.1, -0.05) is 6.42 Å². The number of fused-ring (bicyclic) bond motifs is 2. The standard InChI is InChI=1S/C13H22N2O/c16-13(8-14-7-9-1-2-9)15-12-6-10-3-4-11(12)5-10/h9-12,14H,1-8H2,(H,15,16). The molecule has 0 aromatic carbocycles. The fourth-order valence-electron chi connectivity index (χ4n) is 3.39. The van der Waals surface area contributed by atoms with Crippen molar-refractivity contribution < 1.29 is 4.79 Å². The van der Waals surface area contributed by atoms with Gasteiger partial charge in [0.1, 0.15) is 0 Å². The predicted molar refractivity (Wildman–Crippen MR) is 63.0 cm³/mol. The van der Waals surface area contributed by atoms with Crippen molar-refractivity contribution in [2.45, 2.75) is 44.6 Å². The maximum absolute atomic E-state index is 11.7. The number of hydrogen-bond donors (Lipinski definition) is 2. The van der Waals surface area contributed by atoms with E-state index in [2.05, 4.69) is 10.6 Å². The van der Waals surface area contributed by atoms with Gasteiger partial charge >= 0.3 is 0 Å². The highest BCUT2D eigenvalue weighted by atomic mass is 16.2. The van der Waals surface area contributed by atoms with Crippen LogP contribution in [0.25, 0.3) is 0 Å². The van der Waals surface area contributed by atoms with Crippen molar-refractivity contribution in [2.24, 2.45) is 17.8 Å². The molecule has 0 radical (unpaired) electrons. The SMILES string of the molecule is O=C(CNCC1CC1)NC1CC2CCC1C2. The van der Waals surface area contributed by atoms with Crippen LogP contribution >= 0.6 is 0 Å². The van der Waals surface area contributed by atoms with E-state index in [-0.39, 0.29) is 5.91 Å². The summed E-state index contributed by atoms with van der Waals surface area (Å²) in [6.07, 6.45) is 8.03. The third-order valence-electron chi connectivity index (χ3n) is 4.50. The van der Waals surface area contributed by atoms with E-state index in [4.69, 9.17) is 0 Å². The Morgan fingerprint density at radius 3 is 2.62 bits per heavy atom. The van der Waals surface area contributed by atoms with Crippen LogP contribution in [0.4, 0.5) is 0 Å². The van der Waals surface area contributed by atoms with Crippen LogP contribution in [0.2, 0.25) is 0 Å². The van der Waals surface area contributed by atoms with Crippen molar-refractivity contribution in [3.63, 3.8) is 0 Å². The minimum atomic E-state index is 0.207. The fraction of sp³-hybridized carbons (Fsp3) is 0.923. The summed E-state index contributed by atoms with van der Waals surface area (Å²) in [7, 11) is 0. The van der Waals surface area contributed by atoms with Crippen LogP contribution in [-0.4, -0.2) is 25.0 Å². The van der Waals surface area contributed by atoms with E-state index in [1.165, 1.54) is 38.5 Å². The molecule has 3 saturated carbocycles. The quantitative estimate of drug-likeness (QED) is 0.736. The summed E-state index contributed by atoms with van der Waals surface area (Å²) < 4.78 is 0. The van der Waals surface area contributed by atoms with Gasteiger partial charge in [0.25, 0.3) is 0 Å². The molecular formula is C13H22N2O. The average molecular weight is 222 g/mol. The second-order valence-electron chi connectivity index (χ2n) is 5.92. The Balaban J connectivity index is 1.35. The van der Waals surface area contributed by atoms with Gasteiger partial charge in [-0.25, -0.2) is 0 Å². The first kappa shape index (κ1) is 10.6. The van der Waals surface area contributed by atoms with E-state index in [1.807, 2.05) is 0 Å². The minimum Gasteiger partial charge on any atom is -0.352 e. The monoisotopic (exact) mass is 222 g/mol. The molecule has 3 atom stereocenters. The Hall–Kier alpha value is -0.570. The second-order valence-corrected chi connectivity index (χ2v) is 5.92. The molecule has 3 heteroatoms. The number of nitrogens with one attached hydrogen (secondary N) is 2. The average Bonchev–Trinajstić information content (AvgIpc) is 2.86. The van der Waals surface area contributed by atoms with Crippen molar-refractivity contribution in [3.05, 3.63) is 0 Å². The molecule has 0 saturated heterocycles. The number of hydrogen-bond acceptors (Lipinski definition) is 2. The second kappa shape index (κ2) is 4.36. The van der Waals surface area contributed by atoms with E-state index >= 15 is 0 Å². The highest BCUT2D eigenvalue weighted by Crippen LogP contribution is 2.44. The van der Waals surface area contributed by atoms with Crippen LogP contribution < -0.4 is 10.6 Å². The summed E-state index contributed by atoms with van der Waals surface area (Å²) in [4.78, 5) is 11.7. The van der Waals surface area contributed by atoms with Crippen LogP contribution in [0.3, 0.4) is 0 Å². The van der Waals surface area contributed by atoms with Gasteiger partial charge in [0.15, 0.2) is 0 Å². The Morgan fingerprint density at radius 2 is 2.00 bits per heavy atom. The van der Waals surface area contributed by atoms with Crippen molar-refractivity contribution in [2.75, 3.05) is 13.1 Å². The molecule has 3 unspecified atom stereocenters. The van der Waals surface area contributed by atoms with E-state index < -0.39 is 0 Å². The summed E-state index contributed by atoms with van der Waals surface area (Å²) in [6.45, 7) is 1.55. The third-order valence-corrected chi connectivity index (χ3v) is 4.50. The Kier molecular flexibility index (Phi) is 2.88. The largest absolute Gasteiger partial charge is 0.352 e. The van der Waals surface area contributed by atoms with Crippen LogP contribution in [-0.2, 0) is 4.79 Å². The van der Waals surface area contributed by atoms with E-state index in [0.717, 1.165) is 24.3 Å². The first-order chi connectivity index (χ1) is 7.81. The van der Waals surface area contributed by atoms with Gasteiger partial charge in [-0.3, -0.25) is 4.79 Å². The van der Waals surface area contributed by atoms with Gasteiger partial charge in [0, 0.05) is 6.04 Å². The number of carbonyl (C=O) groups is 1. The van der Waals surface area contributed by atoms with Gasteiger partial charge < -0.3 is 10.6 Å². The maximum atomic E-state index is 11.7. The van der Waals surface area contributed by atoms with E-state index in [9.17, 15) is 4.79 Å². The Morgan fingerprint density at radius 1 is 1.12 bits per heavy atom. The molecule has 3 fully saturated rings. The van der Waals surface area contributed by atoms with E-state index in [1.54, 1.807) is 0 Å². The number of rotatable bonds is 5. The number of amides is 1. The van der Waals surface area contributed by atoms with Crippen LogP contribution in [0.5, 0.6) is 0 Å². The summed E-state index contributed by atoms with van der Waals surface area (Å²) >= 11 is 0. The van der Waals surface area contributed by atoms with Crippen molar-refractivity contribution >= 4 is 5.91 Å². The lowest BCUT2D eigenvalue weighted by atomic mass is 9.95. The molecule has 3 aliphatic carbocycles. The highest BCUT2D eigenvalue weighted by Gasteiger charge is 2.39. The molecule has 0 aromatic heterocycles. The zero-order chi connectivity index (χ0) is 11.0. The van der Waals surface area contributed by atoms with Crippen molar-refractivity contribution in [1.29, 1.82) is 0 Å². The highest BCUT2D eigenvalue weighted by molar-refractivity contribution is 5.78. The lowest BCUT2D eigenvalue weighted by molar-refractivity contribution is -0.121. The summed E-state index contributed by atoms with van der Waals surface area (Å²) in [5.41, 5.74) is 0. The first-order valence-electron chi connectivity index (χ1n) is 6.81. The molecule has 16 heavy (non-hydrogen) atoms. The molecule has 3 aliphatic rings. The van der Waals surface area contributed by atoms with Crippen LogP contribution in [0, 0.1) is 17.8 Å². The van der Waals surface area contributed by atoms with Crippen molar-refractivity contribution in [3.8, 4) is 0 Å². The van der Waals surface area contributed by atoms with Gasteiger partial charge in [-0.2, -0.15) is 0 Å². The third kappa shape index (κ3) is 2.40. The molecule has 90 valence electrons. The molecule has 2 N–H and O–H groups in total.